The molecule has 0 aromatic heterocycles. The standard InChI is InChI=1S/C46H72O17/c1-21-9-14-46(41(57)63-40-37(56)34(53)32(51)26(61-40)20-59-38-36(55)33(52)31(50)25(18-47)60-38)16-15-44(5)22(23(46)17-21)7-8-28-43(4)12-11-29(42(2,3)27(43)10-13-45(28,44)6)62-39-35(54)30(49)24(48)19-58-39/h7,23-40,47-56H,1,8-20H2,2-6H3/t23-,24-,25+,26+,27-,28+,29-,30-,31+,32+,33-,34-,35+,36+,37+,38+,39-,40-,43-,44+,45+,46-/m0/s1. The van der Waals surface area contributed by atoms with Gasteiger partial charge in [0, 0.05) is 5.92 Å². The van der Waals surface area contributed by atoms with E-state index in [2.05, 4.69) is 47.3 Å². The molecule has 0 aromatic rings. The van der Waals surface area contributed by atoms with Gasteiger partial charge in [-0.2, -0.15) is 0 Å². The molecule has 8 rings (SSSR count). The minimum Gasteiger partial charge on any atom is -0.432 e. The van der Waals surface area contributed by atoms with Gasteiger partial charge in [-0.3, -0.25) is 4.79 Å². The smallest absolute Gasteiger partial charge is 0.315 e. The lowest BCUT2D eigenvalue weighted by Gasteiger charge is -2.71. The van der Waals surface area contributed by atoms with Crippen molar-refractivity contribution in [3.8, 4) is 0 Å². The fourth-order valence-corrected chi connectivity index (χ4v) is 14.2. The number of hydrogen-bond acceptors (Lipinski definition) is 17. The molecule has 3 aliphatic heterocycles. The molecule has 63 heavy (non-hydrogen) atoms. The first kappa shape index (κ1) is 47.8. The van der Waals surface area contributed by atoms with Crippen LogP contribution in [0.3, 0.4) is 0 Å². The summed E-state index contributed by atoms with van der Waals surface area (Å²) < 4.78 is 35.1. The third kappa shape index (κ3) is 7.52. The first-order chi connectivity index (χ1) is 29.6. The van der Waals surface area contributed by atoms with Gasteiger partial charge in [0.25, 0.3) is 0 Å². The molecule has 8 aliphatic rings. The molecule has 17 heteroatoms. The van der Waals surface area contributed by atoms with Crippen LogP contribution in [-0.4, -0.2) is 169 Å². The summed E-state index contributed by atoms with van der Waals surface area (Å²) in [6, 6.07) is 0. The van der Waals surface area contributed by atoms with E-state index in [9.17, 15) is 55.9 Å². The van der Waals surface area contributed by atoms with Crippen LogP contribution in [0.15, 0.2) is 23.8 Å². The molecule has 3 heterocycles. The van der Waals surface area contributed by atoms with Gasteiger partial charge in [0.15, 0.2) is 12.6 Å². The quantitative estimate of drug-likeness (QED) is 0.0892. The summed E-state index contributed by atoms with van der Waals surface area (Å²) >= 11 is 0. The molecule has 17 nitrogen and oxygen atoms in total. The minimum absolute atomic E-state index is 0.0598. The molecule has 7 fully saturated rings. The lowest BCUT2D eigenvalue weighted by atomic mass is 9.34. The van der Waals surface area contributed by atoms with Gasteiger partial charge in [0.2, 0.25) is 6.29 Å². The lowest BCUT2D eigenvalue weighted by Crippen LogP contribution is -2.65. The second kappa shape index (κ2) is 17.1. The van der Waals surface area contributed by atoms with Crippen molar-refractivity contribution in [2.45, 2.75) is 191 Å². The van der Waals surface area contributed by atoms with Crippen LogP contribution in [0.2, 0.25) is 0 Å². The number of aliphatic hydroxyl groups excluding tert-OH is 10. The minimum atomic E-state index is -1.80. The monoisotopic (exact) mass is 896 g/mol. The summed E-state index contributed by atoms with van der Waals surface area (Å²) in [6.45, 7) is 14.8. The molecule has 5 aliphatic carbocycles. The van der Waals surface area contributed by atoms with Crippen LogP contribution in [0.1, 0.15) is 98.8 Å². The van der Waals surface area contributed by atoms with Gasteiger partial charge in [-0.1, -0.05) is 58.4 Å². The second-order valence-electron chi connectivity index (χ2n) is 21.6. The summed E-state index contributed by atoms with van der Waals surface area (Å²) in [7, 11) is 0. The van der Waals surface area contributed by atoms with Crippen molar-refractivity contribution in [2.75, 3.05) is 19.8 Å². The second-order valence-corrected chi connectivity index (χ2v) is 21.6. The summed E-state index contributed by atoms with van der Waals surface area (Å²) in [5.41, 5.74) is 0.560. The summed E-state index contributed by atoms with van der Waals surface area (Å²) in [5.74, 6) is -0.197. The van der Waals surface area contributed by atoms with E-state index in [1.54, 1.807) is 0 Å². The Labute approximate surface area is 369 Å². The van der Waals surface area contributed by atoms with Gasteiger partial charge >= 0.3 is 5.97 Å². The van der Waals surface area contributed by atoms with Crippen LogP contribution in [0, 0.1) is 44.8 Å². The zero-order valence-corrected chi connectivity index (χ0v) is 37.2. The van der Waals surface area contributed by atoms with Crippen molar-refractivity contribution < 1.29 is 84.3 Å². The topological polar surface area (TPSA) is 275 Å². The highest BCUT2D eigenvalue weighted by atomic mass is 16.7. The molecule has 0 spiro atoms. The fraction of sp³-hybridized carbons (Fsp3) is 0.891. The van der Waals surface area contributed by atoms with Crippen molar-refractivity contribution in [3.05, 3.63) is 23.8 Å². The molecule has 10 N–H and O–H groups in total. The number of ether oxygens (including phenoxy) is 6. The largest absolute Gasteiger partial charge is 0.432 e. The fourth-order valence-electron chi connectivity index (χ4n) is 14.2. The van der Waals surface area contributed by atoms with Crippen LogP contribution in [0.5, 0.6) is 0 Å². The van der Waals surface area contributed by atoms with Gasteiger partial charge in [-0.05, 0) is 97.7 Å². The van der Waals surface area contributed by atoms with E-state index < -0.39 is 111 Å². The van der Waals surface area contributed by atoms with Crippen molar-refractivity contribution in [2.24, 2.45) is 44.8 Å². The molecule has 0 unspecified atom stereocenters. The number of carbonyl (C=O) groups excluding carboxylic acids is 1. The number of rotatable bonds is 8. The number of hydrogen-bond donors (Lipinski definition) is 10. The molecular weight excluding hydrogens is 824 g/mol. The van der Waals surface area contributed by atoms with Crippen LogP contribution in [0.25, 0.3) is 0 Å². The number of fused-ring (bicyclic) bond motifs is 7. The van der Waals surface area contributed by atoms with Crippen molar-refractivity contribution in [3.63, 3.8) is 0 Å². The van der Waals surface area contributed by atoms with Crippen LogP contribution < -0.4 is 0 Å². The molecular formula is C46H72O17. The lowest BCUT2D eigenvalue weighted by molar-refractivity contribution is -0.328. The predicted molar refractivity (Wildman–Crippen MR) is 220 cm³/mol. The first-order valence-corrected chi connectivity index (χ1v) is 23.1. The molecule has 3 saturated heterocycles. The summed E-state index contributed by atoms with van der Waals surface area (Å²) in [6.07, 6.45) is -11.7. The zero-order valence-electron chi connectivity index (χ0n) is 37.2. The molecule has 0 radical (unpaired) electrons. The van der Waals surface area contributed by atoms with E-state index in [0.717, 1.165) is 44.1 Å². The van der Waals surface area contributed by atoms with E-state index in [1.807, 2.05) is 0 Å². The van der Waals surface area contributed by atoms with Crippen molar-refractivity contribution in [1.29, 1.82) is 0 Å². The summed E-state index contributed by atoms with van der Waals surface area (Å²) in [5, 5.41) is 104. The molecule has 0 bridgehead atoms. The Kier molecular flexibility index (Phi) is 13.0. The van der Waals surface area contributed by atoms with Gasteiger partial charge < -0.3 is 79.5 Å². The highest BCUT2D eigenvalue weighted by Gasteiger charge is 2.69. The average Bonchev–Trinajstić information content (AvgIpc) is 3.24. The predicted octanol–water partition coefficient (Wildman–Crippen LogP) is 0.310. The van der Waals surface area contributed by atoms with Gasteiger partial charge in [0.05, 0.1) is 31.3 Å². The van der Waals surface area contributed by atoms with Crippen molar-refractivity contribution >= 4 is 5.97 Å². The molecule has 0 amide bonds. The highest BCUT2D eigenvalue weighted by molar-refractivity contribution is 5.79. The Bertz CT molecular complexity index is 1740. The Morgan fingerprint density at radius 1 is 0.746 bits per heavy atom. The third-order valence-electron chi connectivity index (χ3n) is 18.3. The van der Waals surface area contributed by atoms with E-state index >= 15 is 0 Å². The zero-order chi connectivity index (χ0) is 45.8. The Morgan fingerprint density at radius 2 is 1.40 bits per heavy atom. The van der Waals surface area contributed by atoms with E-state index in [1.165, 1.54) is 5.57 Å². The number of aliphatic hydroxyl groups is 10. The SMILES string of the molecule is C=C1CC[C@]2(C(=O)O[C@@H]3O[C@H](CO[C@@H]4O[C@H](CO)[C@@H](O)[C@H](O)[C@H]4O)[C@@H](O)[C@H](O)[C@H]3O)CC[C@]3(C)C(=CC[C@@H]4[C@@]5(C)CC[C@H](O[C@@H]6OC[C@H](O)[C@H](O)[C@H]6O)C(C)(C)[C@@H]5CC[C@]43C)[C@@H]2C1. The van der Waals surface area contributed by atoms with E-state index in [0.29, 0.717) is 31.6 Å². The maximum atomic E-state index is 14.8. The van der Waals surface area contributed by atoms with Gasteiger partial charge in [-0.25, -0.2) is 0 Å². The number of allylic oxidation sites excluding steroid dienone is 3. The third-order valence-corrected chi connectivity index (χ3v) is 18.3. The van der Waals surface area contributed by atoms with E-state index in [4.69, 9.17) is 28.4 Å². The van der Waals surface area contributed by atoms with Crippen LogP contribution in [-0.2, 0) is 33.2 Å². The first-order valence-electron chi connectivity index (χ1n) is 23.1. The molecule has 22 atom stereocenters. The Morgan fingerprint density at radius 3 is 2.10 bits per heavy atom. The maximum Gasteiger partial charge on any atom is 0.315 e. The summed E-state index contributed by atoms with van der Waals surface area (Å²) in [4.78, 5) is 14.8. The highest BCUT2D eigenvalue weighted by Crippen LogP contribution is 2.75. The Hall–Kier alpha value is -1.65. The maximum absolute atomic E-state index is 14.8. The number of carbonyl (C=O) groups is 1. The molecule has 358 valence electrons. The van der Waals surface area contributed by atoms with E-state index in [-0.39, 0.29) is 46.2 Å². The van der Waals surface area contributed by atoms with Crippen molar-refractivity contribution in [1.82, 2.24) is 0 Å². The van der Waals surface area contributed by atoms with Gasteiger partial charge in [0.1, 0.15) is 67.1 Å². The number of esters is 1. The average molecular weight is 897 g/mol. The van der Waals surface area contributed by atoms with Gasteiger partial charge in [-0.15, -0.1) is 0 Å². The molecule has 4 saturated carbocycles. The normalized spacial score (nSPS) is 53.3. The van der Waals surface area contributed by atoms with Crippen LogP contribution in [0.4, 0.5) is 0 Å². The molecule has 0 aromatic carbocycles. The van der Waals surface area contributed by atoms with Crippen LogP contribution >= 0.6 is 0 Å². The Balaban J connectivity index is 0.998.